The van der Waals surface area contributed by atoms with E-state index in [1.807, 2.05) is 6.07 Å². The van der Waals surface area contributed by atoms with Gasteiger partial charge in [0.05, 0.1) is 7.11 Å². The van der Waals surface area contributed by atoms with E-state index in [9.17, 15) is 4.79 Å². The van der Waals surface area contributed by atoms with Crippen molar-refractivity contribution < 1.29 is 9.53 Å². The number of nitrogens with zero attached hydrogens (tertiary/aromatic N) is 4. The van der Waals surface area contributed by atoms with Crippen LogP contribution in [0.1, 0.15) is 53.7 Å². The van der Waals surface area contributed by atoms with E-state index >= 15 is 0 Å². The summed E-state index contributed by atoms with van der Waals surface area (Å²) >= 11 is 0. The summed E-state index contributed by atoms with van der Waals surface area (Å²) in [6, 6.07) is 13.1. The maximum Gasteiger partial charge on any atom is 0.269 e. The van der Waals surface area contributed by atoms with Crippen LogP contribution in [0.2, 0.25) is 0 Å². The quantitative estimate of drug-likeness (QED) is 0.608. The Bertz CT molecular complexity index is 1030. The van der Waals surface area contributed by atoms with Gasteiger partial charge in [0.15, 0.2) is 11.6 Å². The largest absolute Gasteiger partial charge is 0.493 e. The number of likely N-dealkylation sites (tertiary alicyclic amines) is 1. The molecule has 1 aliphatic carbocycles. The van der Waals surface area contributed by atoms with Crippen molar-refractivity contribution in [3.8, 4) is 5.75 Å². The molecule has 3 aliphatic rings. The Morgan fingerprint density at radius 1 is 1.00 bits per heavy atom. The van der Waals surface area contributed by atoms with Crippen LogP contribution in [0.5, 0.6) is 5.75 Å². The molecular formula is C29H41N5O2. The number of amides is 1. The van der Waals surface area contributed by atoms with Crippen molar-refractivity contribution in [2.75, 3.05) is 57.8 Å². The summed E-state index contributed by atoms with van der Waals surface area (Å²) in [6.07, 6.45) is 5.98. The van der Waals surface area contributed by atoms with Gasteiger partial charge in [-0.15, -0.1) is 0 Å². The van der Waals surface area contributed by atoms with Gasteiger partial charge in [-0.1, -0.05) is 24.3 Å². The molecule has 0 atom stereocenters. The van der Waals surface area contributed by atoms with Crippen molar-refractivity contribution in [2.24, 2.45) is 5.92 Å². The first kappa shape index (κ1) is 25.0. The minimum absolute atomic E-state index is 0.0836. The topological polar surface area (TPSA) is 60.9 Å². The molecule has 1 aromatic carbocycles. The molecule has 0 bridgehead atoms. The summed E-state index contributed by atoms with van der Waals surface area (Å²) < 4.78 is 5.64. The van der Waals surface area contributed by atoms with Crippen molar-refractivity contribution in [3.63, 3.8) is 0 Å². The highest BCUT2D eigenvalue weighted by Crippen LogP contribution is 2.29. The second-order valence-corrected chi connectivity index (χ2v) is 10.7. The number of nitrogens with one attached hydrogen (secondary N) is 1. The predicted molar refractivity (Wildman–Crippen MR) is 144 cm³/mol. The number of pyridine rings is 1. The molecule has 3 heterocycles. The zero-order valence-corrected chi connectivity index (χ0v) is 21.9. The van der Waals surface area contributed by atoms with Gasteiger partial charge in [0.1, 0.15) is 5.69 Å². The fraction of sp³-hybridized carbons (Fsp3) is 0.586. The third-order valence-corrected chi connectivity index (χ3v) is 8.10. The number of methoxy groups -OCH3 is 1. The van der Waals surface area contributed by atoms with Crippen LogP contribution in [0.4, 0.5) is 5.82 Å². The van der Waals surface area contributed by atoms with Gasteiger partial charge in [-0.05, 0) is 81.3 Å². The van der Waals surface area contributed by atoms with E-state index in [0.29, 0.717) is 17.7 Å². The van der Waals surface area contributed by atoms with E-state index in [1.165, 1.54) is 36.8 Å². The fourth-order valence-corrected chi connectivity index (χ4v) is 5.58. The highest BCUT2D eigenvalue weighted by atomic mass is 16.5. The first-order chi connectivity index (χ1) is 17.6. The number of hydrogen-bond acceptors (Lipinski definition) is 6. The van der Waals surface area contributed by atoms with E-state index in [0.717, 1.165) is 70.3 Å². The third-order valence-electron chi connectivity index (χ3n) is 8.10. The first-order valence-electron chi connectivity index (χ1n) is 13.7. The summed E-state index contributed by atoms with van der Waals surface area (Å²) in [6.45, 7) is 10.3. The van der Waals surface area contributed by atoms with E-state index < -0.39 is 0 Å². The number of hydrogen-bond donors (Lipinski definition) is 1. The summed E-state index contributed by atoms with van der Waals surface area (Å²) in [5, 5.41) is 3.04. The molecule has 36 heavy (non-hydrogen) atoms. The molecule has 1 amide bonds. The molecular weight excluding hydrogens is 450 g/mol. The molecule has 2 aromatic rings. The highest BCUT2D eigenvalue weighted by molar-refractivity contribution is 5.93. The Morgan fingerprint density at radius 2 is 1.81 bits per heavy atom. The van der Waals surface area contributed by atoms with Crippen molar-refractivity contribution in [2.45, 2.75) is 51.6 Å². The number of aromatic nitrogens is 1. The fourth-order valence-electron chi connectivity index (χ4n) is 5.58. The maximum atomic E-state index is 12.7. The number of benzene rings is 1. The van der Waals surface area contributed by atoms with Crippen molar-refractivity contribution >= 4 is 11.7 Å². The lowest BCUT2D eigenvalue weighted by atomic mass is 10.0. The zero-order chi connectivity index (χ0) is 24.9. The van der Waals surface area contributed by atoms with Crippen LogP contribution >= 0.6 is 0 Å². The van der Waals surface area contributed by atoms with Crippen molar-refractivity contribution in [1.29, 1.82) is 0 Å². The van der Waals surface area contributed by atoms with Crippen molar-refractivity contribution in [3.05, 3.63) is 53.2 Å². The summed E-state index contributed by atoms with van der Waals surface area (Å²) in [5.41, 5.74) is 3.32. The number of carbonyl (C=O) groups is 1. The van der Waals surface area contributed by atoms with Gasteiger partial charge in [0, 0.05) is 45.3 Å². The molecule has 194 valence electrons. The van der Waals surface area contributed by atoms with Crippen LogP contribution in [-0.2, 0) is 6.54 Å². The average Bonchev–Trinajstić information content (AvgIpc) is 3.76. The van der Waals surface area contributed by atoms with Crippen LogP contribution in [0, 0.1) is 12.8 Å². The van der Waals surface area contributed by atoms with Crippen LogP contribution in [0.3, 0.4) is 0 Å². The van der Waals surface area contributed by atoms with Gasteiger partial charge in [0.2, 0.25) is 0 Å². The zero-order valence-electron chi connectivity index (χ0n) is 21.9. The Hall–Kier alpha value is -2.64. The van der Waals surface area contributed by atoms with Crippen LogP contribution in [0.15, 0.2) is 36.4 Å². The van der Waals surface area contributed by atoms with Gasteiger partial charge in [0.25, 0.3) is 5.91 Å². The smallest absolute Gasteiger partial charge is 0.269 e. The minimum atomic E-state index is -0.0836. The van der Waals surface area contributed by atoms with Gasteiger partial charge in [-0.3, -0.25) is 14.6 Å². The summed E-state index contributed by atoms with van der Waals surface area (Å²) in [7, 11) is 1.68. The molecule has 0 spiro atoms. The van der Waals surface area contributed by atoms with Crippen LogP contribution in [0.25, 0.3) is 0 Å². The van der Waals surface area contributed by atoms with Gasteiger partial charge < -0.3 is 15.0 Å². The van der Waals surface area contributed by atoms with Gasteiger partial charge >= 0.3 is 0 Å². The summed E-state index contributed by atoms with van der Waals surface area (Å²) in [4.78, 5) is 25.0. The van der Waals surface area contributed by atoms with Crippen molar-refractivity contribution in [1.82, 2.24) is 20.1 Å². The minimum Gasteiger partial charge on any atom is -0.493 e. The Balaban J connectivity index is 1.16. The maximum absolute atomic E-state index is 12.7. The Labute approximate surface area is 215 Å². The first-order valence-corrected chi connectivity index (χ1v) is 13.7. The molecule has 1 aromatic heterocycles. The highest BCUT2D eigenvalue weighted by Gasteiger charge is 2.28. The Morgan fingerprint density at radius 3 is 2.56 bits per heavy atom. The number of piperidine rings is 1. The normalized spacial score (nSPS) is 20.2. The van der Waals surface area contributed by atoms with E-state index in [4.69, 9.17) is 9.72 Å². The molecule has 7 nitrogen and oxygen atoms in total. The molecule has 2 aliphatic heterocycles. The summed E-state index contributed by atoms with van der Waals surface area (Å²) in [5.74, 6) is 2.11. The third kappa shape index (κ3) is 6.19. The molecule has 3 fully saturated rings. The molecule has 1 saturated carbocycles. The second kappa shape index (κ2) is 11.6. The van der Waals surface area contributed by atoms with E-state index in [-0.39, 0.29) is 5.91 Å². The van der Waals surface area contributed by atoms with E-state index in [1.54, 1.807) is 13.2 Å². The number of rotatable bonds is 8. The van der Waals surface area contributed by atoms with E-state index in [2.05, 4.69) is 51.2 Å². The van der Waals surface area contributed by atoms with Gasteiger partial charge in [-0.25, -0.2) is 4.98 Å². The van der Waals surface area contributed by atoms with Crippen LogP contribution < -0.4 is 15.0 Å². The van der Waals surface area contributed by atoms with Crippen LogP contribution in [-0.4, -0.2) is 79.7 Å². The number of aryl methyl sites for hydroxylation is 1. The molecule has 5 rings (SSSR count). The molecule has 0 unspecified atom stereocenters. The lowest BCUT2D eigenvalue weighted by Crippen LogP contribution is -2.46. The average molecular weight is 492 g/mol. The Kier molecular flexibility index (Phi) is 8.07. The lowest BCUT2D eigenvalue weighted by Gasteiger charge is -2.38. The second-order valence-electron chi connectivity index (χ2n) is 10.7. The molecule has 2 saturated heterocycles. The number of carbonyl (C=O) groups excluding carboxylic acids is 1. The standard InChI is InChI=1S/C29H41N5O2/c1-22-6-3-4-7-24(22)21-32-16-12-25(13-17-32)33-14-5-15-34(19-18-33)28-27(36-2)11-10-26(31-28)29(35)30-20-23-8-9-23/h3-4,6-7,10-11,23,25H,5,8-9,12-21H2,1-2H3,(H,30,35). The molecule has 1 N–H and O–H groups in total. The SMILES string of the molecule is COc1ccc(C(=O)NCC2CC2)nc1N1CCCN(C2CCN(Cc3ccccc3C)CC2)CC1. The van der Waals surface area contributed by atoms with Gasteiger partial charge in [-0.2, -0.15) is 0 Å². The lowest BCUT2D eigenvalue weighted by molar-refractivity contribution is 0.0947. The molecule has 7 heteroatoms. The molecule has 0 radical (unpaired) electrons. The number of anilines is 1. The monoisotopic (exact) mass is 491 g/mol. The predicted octanol–water partition coefficient (Wildman–Crippen LogP) is 3.72. The number of ether oxygens (including phenoxy) is 1.